The van der Waals surface area contributed by atoms with Crippen LogP contribution in [0.15, 0.2) is 48.0 Å². The molecule has 3 amide bonds. The molecular weight excluding hydrogens is 532 g/mol. The van der Waals surface area contributed by atoms with Gasteiger partial charge in [-0.2, -0.15) is 26.3 Å². The van der Waals surface area contributed by atoms with Gasteiger partial charge in [-0.1, -0.05) is 12.1 Å². The number of nitrogens with one attached hydrogen (secondary N) is 1. The van der Waals surface area contributed by atoms with E-state index in [1.807, 2.05) is 0 Å². The van der Waals surface area contributed by atoms with Crippen molar-refractivity contribution in [2.75, 3.05) is 28.7 Å². The number of aliphatic carboxylic acids is 1. The van der Waals surface area contributed by atoms with E-state index < -0.39 is 29.9 Å². The average Bonchev–Trinajstić information content (AvgIpc) is 3.33. The first-order chi connectivity index (χ1) is 17.2. The van der Waals surface area contributed by atoms with Crippen LogP contribution in [0.4, 0.5) is 47.8 Å². The number of amides is 3. The summed E-state index contributed by atoms with van der Waals surface area (Å²) in [6.45, 7) is -0.264. The zero-order valence-electron chi connectivity index (χ0n) is 18.5. The van der Waals surface area contributed by atoms with Crippen LogP contribution >= 0.6 is 11.3 Å². The highest BCUT2D eigenvalue weighted by Gasteiger charge is 2.38. The monoisotopic (exact) mass is 547 g/mol. The van der Waals surface area contributed by atoms with Crippen molar-refractivity contribution in [3.63, 3.8) is 0 Å². The predicted octanol–water partition coefficient (Wildman–Crippen LogP) is 4.87. The van der Waals surface area contributed by atoms with Crippen molar-refractivity contribution in [3.05, 3.63) is 53.5 Å². The van der Waals surface area contributed by atoms with Crippen LogP contribution < -0.4 is 15.1 Å². The summed E-state index contributed by atoms with van der Waals surface area (Å²) < 4.78 is 70.9. The Labute approximate surface area is 208 Å². The van der Waals surface area contributed by atoms with Crippen LogP contribution in [-0.4, -0.2) is 52.8 Å². The molecule has 0 saturated heterocycles. The summed E-state index contributed by atoms with van der Waals surface area (Å²) in [4.78, 5) is 44.8. The Morgan fingerprint density at radius 3 is 2.35 bits per heavy atom. The molecule has 1 aromatic carbocycles. The number of likely N-dealkylation sites (N-methyl/N-ethyl adjacent to an activating group) is 1. The standard InChI is InChI=1S/C19H14F3N5O2S.C2HF3O2/c1-26-14-6-5-13(11-3-2-4-12(9-11)19(20,21)22)24-16(14)27(10-15(26)28)18(29)25-17-23-7-8-30-17;3-2(4,5)1(6)7/h2-9H,10H2,1H3,(H,23,25,29);(H,6,7). The number of halogens is 6. The molecule has 0 saturated carbocycles. The number of anilines is 3. The lowest BCUT2D eigenvalue weighted by molar-refractivity contribution is -0.192. The van der Waals surface area contributed by atoms with Gasteiger partial charge in [-0.25, -0.2) is 19.6 Å². The predicted molar refractivity (Wildman–Crippen MR) is 120 cm³/mol. The number of thiazole rings is 1. The van der Waals surface area contributed by atoms with Gasteiger partial charge in [-0.3, -0.25) is 15.0 Å². The van der Waals surface area contributed by atoms with E-state index in [1.54, 1.807) is 18.5 Å². The minimum Gasteiger partial charge on any atom is -0.475 e. The van der Waals surface area contributed by atoms with E-state index in [2.05, 4.69) is 15.3 Å². The highest BCUT2D eigenvalue weighted by atomic mass is 32.1. The van der Waals surface area contributed by atoms with E-state index in [0.29, 0.717) is 10.8 Å². The number of alkyl halides is 6. The second kappa shape index (κ2) is 10.4. The maximum Gasteiger partial charge on any atom is 0.490 e. The summed E-state index contributed by atoms with van der Waals surface area (Å²) >= 11 is 1.21. The Kier molecular flexibility index (Phi) is 7.71. The van der Waals surface area contributed by atoms with Gasteiger partial charge in [0.15, 0.2) is 10.9 Å². The summed E-state index contributed by atoms with van der Waals surface area (Å²) in [5, 5.41) is 11.7. The zero-order chi connectivity index (χ0) is 27.5. The van der Waals surface area contributed by atoms with Gasteiger partial charge in [-0.05, 0) is 24.3 Å². The third kappa shape index (κ3) is 6.52. The first kappa shape index (κ1) is 27.4. The molecule has 16 heteroatoms. The molecule has 0 radical (unpaired) electrons. The number of hydrogen-bond donors (Lipinski definition) is 2. The van der Waals surface area contributed by atoms with Crippen LogP contribution in [0, 0.1) is 0 Å². The molecule has 1 aliphatic heterocycles. The highest BCUT2D eigenvalue weighted by Crippen LogP contribution is 2.36. The van der Waals surface area contributed by atoms with Crippen molar-refractivity contribution in [1.29, 1.82) is 0 Å². The summed E-state index contributed by atoms with van der Waals surface area (Å²) in [5.41, 5.74) is 0.0588. The molecule has 3 heterocycles. The van der Waals surface area contributed by atoms with Crippen LogP contribution in [0.5, 0.6) is 0 Å². The number of pyridine rings is 1. The first-order valence-corrected chi connectivity index (χ1v) is 10.8. The zero-order valence-corrected chi connectivity index (χ0v) is 19.3. The Morgan fingerprint density at radius 2 is 1.78 bits per heavy atom. The molecule has 2 N–H and O–H groups in total. The molecule has 3 aromatic rings. The van der Waals surface area contributed by atoms with Gasteiger partial charge in [0, 0.05) is 24.2 Å². The second-order valence-electron chi connectivity index (χ2n) is 7.23. The second-order valence-corrected chi connectivity index (χ2v) is 8.12. The minimum absolute atomic E-state index is 0.168. The van der Waals surface area contributed by atoms with Crippen LogP contribution in [0.25, 0.3) is 11.3 Å². The molecule has 1 aliphatic rings. The first-order valence-electron chi connectivity index (χ1n) is 9.92. The molecule has 2 aromatic heterocycles. The number of aromatic nitrogens is 2. The molecule has 9 nitrogen and oxygen atoms in total. The molecular formula is C21H15F6N5O4S. The molecule has 0 atom stereocenters. The van der Waals surface area contributed by atoms with Crippen molar-refractivity contribution in [2.24, 2.45) is 0 Å². The number of carboxylic acids is 1. The van der Waals surface area contributed by atoms with Gasteiger partial charge in [0.05, 0.1) is 16.9 Å². The van der Waals surface area contributed by atoms with Crippen LogP contribution in [0.1, 0.15) is 5.56 Å². The van der Waals surface area contributed by atoms with Crippen molar-refractivity contribution >= 4 is 45.9 Å². The SMILES string of the molecule is CN1C(=O)CN(C(=O)Nc2nccs2)c2nc(-c3cccc(C(F)(F)F)c3)ccc21.O=C(O)C(F)(F)F. The summed E-state index contributed by atoms with van der Waals surface area (Å²) in [6.07, 6.45) is -8.05. The lowest BCUT2D eigenvalue weighted by Crippen LogP contribution is -2.48. The van der Waals surface area contributed by atoms with Crippen LogP contribution in [-0.2, 0) is 15.8 Å². The fourth-order valence-electron chi connectivity index (χ4n) is 2.98. The van der Waals surface area contributed by atoms with Crippen molar-refractivity contribution in [3.8, 4) is 11.3 Å². The van der Waals surface area contributed by atoms with E-state index in [0.717, 1.165) is 17.0 Å². The van der Waals surface area contributed by atoms with Crippen LogP contribution in [0.3, 0.4) is 0 Å². The number of carbonyl (C=O) groups excluding carboxylic acids is 2. The molecule has 37 heavy (non-hydrogen) atoms. The Morgan fingerprint density at radius 1 is 1.11 bits per heavy atom. The number of fused-ring (bicyclic) bond motifs is 1. The Bertz CT molecular complexity index is 1310. The van der Waals surface area contributed by atoms with E-state index >= 15 is 0 Å². The number of hydrogen-bond acceptors (Lipinski definition) is 6. The molecule has 196 valence electrons. The number of benzene rings is 1. The summed E-state index contributed by atoms with van der Waals surface area (Å²) in [7, 11) is 1.54. The van der Waals surface area contributed by atoms with Gasteiger partial charge in [0.1, 0.15) is 6.54 Å². The molecule has 0 fully saturated rings. The number of rotatable bonds is 2. The average molecular weight is 547 g/mol. The third-order valence-corrected chi connectivity index (χ3v) is 5.45. The van der Waals surface area contributed by atoms with Gasteiger partial charge in [-0.15, -0.1) is 11.3 Å². The fraction of sp³-hybridized carbons (Fsp3) is 0.190. The number of urea groups is 1. The normalized spacial score (nSPS) is 13.4. The highest BCUT2D eigenvalue weighted by molar-refractivity contribution is 7.13. The number of nitrogens with zero attached hydrogens (tertiary/aromatic N) is 4. The van der Waals surface area contributed by atoms with Crippen molar-refractivity contribution in [2.45, 2.75) is 12.4 Å². The number of carbonyl (C=O) groups is 3. The smallest absolute Gasteiger partial charge is 0.475 e. The maximum absolute atomic E-state index is 13.1. The van der Waals surface area contributed by atoms with Gasteiger partial charge in [0.25, 0.3) is 0 Å². The topological polar surface area (TPSA) is 116 Å². The van der Waals surface area contributed by atoms with E-state index in [1.165, 1.54) is 40.6 Å². The van der Waals surface area contributed by atoms with Crippen molar-refractivity contribution < 1.29 is 45.8 Å². The van der Waals surface area contributed by atoms with Crippen molar-refractivity contribution in [1.82, 2.24) is 9.97 Å². The van der Waals surface area contributed by atoms with Gasteiger partial charge < -0.3 is 10.0 Å². The number of carboxylic acid groups (broad SMARTS) is 1. The van der Waals surface area contributed by atoms with Crippen LogP contribution in [0.2, 0.25) is 0 Å². The van der Waals surface area contributed by atoms with Gasteiger partial charge in [0.2, 0.25) is 5.91 Å². The van der Waals surface area contributed by atoms with E-state index in [-0.39, 0.29) is 29.5 Å². The molecule has 0 spiro atoms. The largest absolute Gasteiger partial charge is 0.490 e. The van der Waals surface area contributed by atoms with Gasteiger partial charge >= 0.3 is 24.4 Å². The van der Waals surface area contributed by atoms with E-state index in [4.69, 9.17) is 9.90 Å². The molecule has 4 rings (SSSR count). The Balaban J connectivity index is 0.000000479. The molecule has 0 unspecified atom stereocenters. The molecule has 0 aliphatic carbocycles. The fourth-order valence-corrected chi connectivity index (χ4v) is 3.50. The third-order valence-electron chi connectivity index (χ3n) is 4.76. The minimum atomic E-state index is -5.08. The molecule has 0 bridgehead atoms. The Hall–Kier alpha value is -4.21. The lowest BCUT2D eigenvalue weighted by Gasteiger charge is -2.33. The quantitative estimate of drug-likeness (QED) is 0.443. The van der Waals surface area contributed by atoms with E-state index in [9.17, 15) is 35.9 Å². The lowest BCUT2D eigenvalue weighted by atomic mass is 10.1. The summed E-state index contributed by atoms with van der Waals surface area (Å²) in [5.74, 6) is -2.92. The summed E-state index contributed by atoms with van der Waals surface area (Å²) in [6, 6.07) is 7.22. The maximum atomic E-state index is 13.1.